The number of cyclic esters (lactones) is 1. The number of rotatable bonds is 7. The first kappa shape index (κ1) is 26.4. The molecule has 3 heterocycles. The van der Waals surface area contributed by atoms with Gasteiger partial charge in [0.15, 0.2) is 5.82 Å². The molecule has 8 nitrogen and oxygen atoms in total. The van der Waals surface area contributed by atoms with Crippen LogP contribution in [0.25, 0.3) is 5.78 Å². The number of benzene rings is 1. The third-order valence-corrected chi connectivity index (χ3v) is 9.22. The number of aryl methyl sites for hydroxylation is 2. The van der Waals surface area contributed by atoms with Gasteiger partial charge in [-0.15, -0.1) is 5.10 Å². The molecule has 1 aromatic carbocycles. The number of aromatic nitrogens is 4. The number of aliphatic hydroxyl groups excluding tert-OH is 1. The van der Waals surface area contributed by atoms with Crippen LogP contribution >= 0.6 is 0 Å². The highest BCUT2D eigenvalue weighted by molar-refractivity contribution is 5.90. The van der Waals surface area contributed by atoms with Crippen LogP contribution in [-0.4, -0.2) is 36.3 Å². The molecule has 2 fully saturated rings. The van der Waals surface area contributed by atoms with Crippen LogP contribution in [0.3, 0.4) is 0 Å². The summed E-state index contributed by atoms with van der Waals surface area (Å²) in [5.74, 6) is 0.0773. The second-order valence-corrected chi connectivity index (χ2v) is 11.8. The molecule has 3 aliphatic rings. The third-order valence-electron chi connectivity index (χ3n) is 9.22. The first-order chi connectivity index (χ1) is 19.3. The smallest absolute Gasteiger partial charge is 0.338 e. The van der Waals surface area contributed by atoms with Crippen molar-refractivity contribution in [2.45, 2.75) is 95.0 Å². The first-order valence-corrected chi connectivity index (χ1v) is 14.3. The average molecular weight is 544 g/mol. The van der Waals surface area contributed by atoms with E-state index in [0.29, 0.717) is 42.8 Å². The maximum absolute atomic E-state index is 15.3. The van der Waals surface area contributed by atoms with Gasteiger partial charge in [-0.1, -0.05) is 37.8 Å². The fourth-order valence-corrected chi connectivity index (χ4v) is 7.02. The number of hydrogen-bond donors (Lipinski definition) is 1. The van der Waals surface area contributed by atoms with E-state index < -0.39 is 17.0 Å². The number of aliphatic hydroxyl groups is 1. The molecule has 0 amide bonds. The number of hydrogen-bond acceptors (Lipinski definition) is 7. The van der Waals surface area contributed by atoms with E-state index in [-0.39, 0.29) is 35.9 Å². The van der Waals surface area contributed by atoms with Gasteiger partial charge in [0.2, 0.25) is 0 Å². The van der Waals surface area contributed by atoms with Crippen molar-refractivity contribution >= 4 is 11.7 Å². The largest absolute Gasteiger partial charge is 0.512 e. The highest BCUT2D eigenvalue weighted by atomic mass is 19.1. The third kappa shape index (κ3) is 4.74. The van der Waals surface area contributed by atoms with Gasteiger partial charge in [-0.25, -0.2) is 18.7 Å². The Balaban J connectivity index is 1.23. The van der Waals surface area contributed by atoms with E-state index in [2.05, 4.69) is 21.1 Å². The molecule has 1 aliphatic heterocycles. The highest BCUT2D eigenvalue weighted by Crippen LogP contribution is 2.46. The lowest BCUT2D eigenvalue weighted by Crippen LogP contribution is -2.46. The molecule has 2 aromatic heterocycles. The second kappa shape index (κ2) is 10.3. The maximum atomic E-state index is 15.3. The zero-order valence-electron chi connectivity index (χ0n) is 22.8. The summed E-state index contributed by atoms with van der Waals surface area (Å²) in [7, 11) is 0. The quantitative estimate of drug-likeness (QED) is 0.376. The van der Waals surface area contributed by atoms with Crippen LogP contribution in [0.5, 0.6) is 0 Å². The maximum Gasteiger partial charge on any atom is 0.338 e. The lowest BCUT2D eigenvalue weighted by molar-refractivity contribution is -0.167. The molecule has 208 valence electrons. The monoisotopic (exact) mass is 543 g/mol. The molecule has 2 aliphatic carbocycles. The zero-order valence-corrected chi connectivity index (χ0v) is 22.8. The zero-order chi connectivity index (χ0) is 27.9. The van der Waals surface area contributed by atoms with Crippen LogP contribution in [0, 0.1) is 30.0 Å². The van der Waals surface area contributed by atoms with Gasteiger partial charge in [0.25, 0.3) is 5.78 Å². The van der Waals surface area contributed by atoms with Gasteiger partial charge in [0.1, 0.15) is 17.2 Å². The predicted molar refractivity (Wildman–Crippen MR) is 145 cm³/mol. The van der Waals surface area contributed by atoms with Crippen molar-refractivity contribution in [1.29, 1.82) is 5.26 Å². The Morgan fingerprint density at radius 2 is 2.00 bits per heavy atom. The molecular weight excluding hydrogens is 509 g/mol. The number of nitrogens with zero attached hydrogens (tertiary/aromatic N) is 5. The van der Waals surface area contributed by atoms with E-state index in [1.165, 1.54) is 6.07 Å². The summed E-state index contributed by atoms with van der Waals surface area (Å²) >= 11 is 0. The Morgan fingerprint density at radius 1 is 1.23 bits per heavy atom. The van der Waals surface area contributed by atoms with E-state index in [0.717, 1.165) is 49.7 Å². The van der Waals surface area contributed by atoms with Gasteiger partial charge >= 0.3 is 5.97 Å². The molecule has 9 heteroatoms. The van der Waals surface area contributed by atoms with Crippen molar-refractivity contribution in [1.82, 2.24) is 19.6 Å². The van der Waals surface area contributed by atoms with Crippen LogP contribution < -0.4 is 0 Å². The molecule has 2 saturated carbocycles. The molecule has 1 N–H and O–H groups in total. The highest BCUT2D eigenvalue weighted by Gasteiger charge is 2.48. The Kier molecular flexibility index (Phi) is 6.81. The summed E-state index contributed by atoms with van der Waals surface area (Å²) in [6, 6.07) is 7.57. The van der Waals surface area contributed by atoms with Gasteiger partial charge in [0, 0.05) is 30.8 Å². The van der Waals surface area contributed by atoms with Crippen LogP contribution in [-0.2, 0) is 27.8 Å². The summed E-state index contributed by atoms with van der Waals surface area (Å²) in [6.07, 6.45) is 12.0. The van der Waals surface area contributed by atoms with Crippen molar-refractivity contribution in [3.8, 4) is 6.07 Å². The van der Waals surface area contributed by atoms with E-state index in [9.17, 15) is 15.2 Å². The van der Waals surface area contributed by atoms with E-state index in [4.69, 9.17) is 4.74 Å². The minimum Gasteiger partial charge on any atom is -0.512 e. The molecule has 1 unspecified atom stereocenters. The molecule has 0 saturated heterocycles. The van der Waals surface area contributed by atoms with Crippen molar-refractivity contribution in [2.24, 2.45) is 5.92 Å². The van der Waals surface area contributed by atoms with Crippen LogP contribution in [0.4, 0.5) is 4.39 Å². The molecular formula is C31H34FN5O3. The number of ether oxygens (including phenoxy) is 1. The summed E-state index contributed by atoms with van der Waals surface area (Å²) in [5, 5.41) is 25.4. The summed E-state index contributed by atoms with van der Waals surface area (Å²) in [4.78, 5) is 22.0. The van der Waals surface area contributed by atoms with Gasteiger partial charge in [-0.3, -0.25) is 0 Å². The summed E-state index contributed by atoms with van der Waals surface area (Å²) in [6.45, 7) is 1.91. The number of esters is 1. The number of fused-ring (bicyclic) bond motifs is 1. The van der Waals surface area contributed by atoms with Crippen molar-refractivity contribution in [2.75, 3.05) is 0 Å². The Labute approximate surface area is 232 Å². The Hall–Kier alpha value is -3.80. The van der Waals surface area contributed by atoms with Gasteiger partial charge in [0.05, 0.1) is 17.1 Å². The molecule has 0 spiro atoms. The molecule has 6 rings (SSSR count). The number of nitriles is 1. The van der Waals surface area contributed by atoms with Crippen LogP contribution in [0.2, 0.25) is 0 Å². The first-order valence-electron chi connectivity index (χ1n) is 14.3. The van der Waals surface area contributed by atoms with Crippen LogP contribution in [0.15, 0.2) is 41.9 Å². The standard InChI is InChI=1S/C31H34FN5O3/c1-20-17-34-29-35-27(36-37(29)18-20)15-23-26(38)16-31(40-28(23)39,22-6-2-3-7-22)13-10-21-8-9-24(25(32)14-21)30(19-33)11-4-5-12-30/h8-9,14,17-18,22,38H,2-7,10-13,15-16H2,1H3. The van der Waals surface area contributed by atoms with Gasteiger partial charge in [-0.05, 0) is 68.6 Å². The SMILES string of the molecule is Cc1cnc2nc(CC3=C(O)CC(CCc4ccc(C5(C#N)CCCC5)c(F)c4)(C4CCCC4)OC3=O)nn2c1. The van der Waals surface area contributed by atoms with Crippen molar-refractivity contribution < 1.29 is 19.0 Å². The fourth-order valence-electron chi connectivity index (χ4n) is 7.02. The minimum absolute atomic E-state index is 0.0184. The van der Waals surface area contributed by atoms with E-state index in [1.54, 1.807) is 23.0 Å². The minimum atomic E-state index is -0.847. The van der Waals surface area contributed by atoms with E-state index >= 15 is 4.39 Å². The lowest BCUT2D eigenvalue weighted by atomic mass is 9.76. The Morgan fingerprint density at radius 3 is 2.70 bits per heavy atom. The number of carbonyl (C=O) groups excluding carboxylic acids is 1. The lowest BCUT2D eigenvalue weighted by Gasteiger charge is -2.41. The van der Waals surface area contributed by atoms with Gasteiger partial charge < -0.3 is 9.84 Å². The predicted octanol–water partition coefficient (Wildman–Crippen LogP) is 5.77. The van der Waals surface area contributed by atoms with Crippen molar-refractivity contribution in [3.63, 3.8) is 0 Å². The van der Waals surface area contributed by atoms with Crippen LogP contribution in [0.1, 0.15) is 86.7 Å². The second-order valence-electron chi connectivity index (χ2n) is 11.8. The van der Waals surface area contributed by atoms with Crippen molar-refractivity contribution in [3.05, 3.63) is 70.3 Å². The fraction of sp³-hybridized carbons (Fsp3) is 0.516. The van der Waals surface area contributed by atoms with E-state index in [1.807, 2.05) is 13.0 Å². The molecule has 0 bridgehead atoms. The average Bonchev–Trinajstić information content (AvgIpc) is 3.71. The van der Waals surface area contributed by atoms with Gasteiger partial charge in [-0.2, -0.15) is 10.2 Å². The summed E-state index contributed by atoms with van der Waals surface area (Å²) < 4.78 is 23.1. The molecule has 0 radical (unpaired) electrons. The number of carbonyl (C=O) groups is 1. The molecule has 40 heavy (non-hydrogen) atoms. The number of halogens is 1. The molecule has 3 aromatic rings. The Bertz CT molecular complexity index is 1530. The normalized spacial score (nSPS) is 23.1. The topological polar surface area (TPSA) is 113 Å². The molecule has 1 atom stereocenters. The summed E-state index contributed by atoms with van der Waals surface area (Å²) in [5.41, 5.74) is 0.816.